The number of rotatable bonds is 7. The lowest BCUT2D eigenvalue weighted by Crippen LogP contribution is -2.26. The van der Waals surface area contributed by atoms with Gasteiger partial charge in [-0.1, -0.05) is 0 Å². The number of carbonyl (C=O) groups is 1. The average Bonchev–Trinajstić information content (AvgIpc) is 3.07. The molecule has 2 aromatic heterocycles. The number of hydrogen-bond acceptors (Lipinski definition) is 6. The molecule has 0 aliphatic rings. The number of nitrogens with one attached hydrogen (secondary N) is 2. The number of nitro groups is 1. The first-order valence-corrected chi connectivity index (χ1v) is 5.92. The molecule has 0 saturated heterocycles. The van der Waals surface area contributed by atoms with Gasteiger partial charge >= 0.3 is 5.82 Å². The highest BCUT2D eigenvalue weighted by atomic mass is 16.6. The fourth-order valence-electron chi connectivity index (χ4n) is 1.56. The third-order valence-corrected chi connectivity index (χ3v) is 2.55. The summed E-state index contributed by atoms with van der Waals surface area (Å²) >= 11 is 0. The van der Waals surface area contributed by atoms with Crippen LogP contribution < -0.4 is 5.32 Å². The van der Waals surface area contributed by atoms with Gasteiger partial charge in [-0.15, -0.1) is 0 Å². The molecule has 2 heterocycles. The molecule has 0 saturated carbocycles. The van der Waals surface area contributed by atoms with E-state index in [1.54, 1.807) is 0 Å². The summed E-state index contributed by atoms with van der Waals surface area (Å²) in [5.41, 5.74) is 0. The number of nitrogens with zero attached hydrogens (tertiary/aromatic N) is 5. The standard InChI is InChI=1S/C10H13N7O3/c18-10(11-3-1-8-12-6-14-15-8)2-4-16-5-9(13-7-16)17(19)20/h5-7H,1-4H2,(H,11,18)(H,12,14,15). The van der Waals surface area contributed by atoms with Crippen LogP contribution in [0.1, 0.15) is 12.2 Å². The van der Waals surface area contributed by atoms with Gasteiger partial charge in [-0.3, -0.25) is 9.89 Å². The minimum atomic E-state index is -0.575. The zero-order chi connectivity index (χ0) is 14.4. The van der Waals surface area contributed by atoms with Gasteiger partial charge in [-0.05, 0) is 9.91 Å². The minimum absolute atomic E-state index is 0.138. The lowest BCUT2D eigenvalue weighted by atomic mass is 10.3. The number of aromatic amines is 1. The van der Waals surface area contributed by atoms with Crippen LogP contribution in [-0.4, -0.2) is 42.1 Å². The minimum Gasteiger partial charge on any atom is -0.358 e. The lowest BCUT2D eigenvalue weighted by Gasteiger charge is -2.03. The first-order chi connectivity index (χ1) is 9.65. The Kier molecular flexibility index (Phi) is 4.37. The maximum Gasteiger partial charge on any atom is 0.381 e. The van der Waals surface area contributed by atoms with E-state index < -0.39 is 4.92 Å². The summed E-state index contributed by atoms with van der Waals surface area (Å²) in [5, 5.41) is 19.6. The topological polar surface area (TPSA) is 132 Å². The third kappa shape index (κ3) is 3.86. The monoisotopic (exact) mass is 279 g/mol. The fourth-order valence-corrected chi connectivity index (χ4v) is 1.56. The van der Waals surface area contributed by atoms with Crippen molar-refractivity contribution in [1.82, 2.24) is 30.0 Å². The van der Waals surface area contributed by atoms with E-state index in [1.807, 2.05) is 0 Å². The number of H-pyrrole nitrogens is 1. The Balaban J connectivity index is 1.67. The van der Waals surface area contributed by atoms with Gasteiger partial charge in [0.1, 0.15) is 18.3 Å². The Morgan fingerprint density at radius 3 is 3.00 bits per heavy atom. The van der Waals surface area contributed by atoms with E-state index in [1.165, 1.54) is 23.4 Å². The highest BCUT2D eigenvalue weighted by molar-refractivity contribution is 5.75. The maximum atomic E-state index is 11.6. The largest absolute Gasteiger partial charge is 0.381 e. The van der Waals surface area contributed by atoms with E-state index in [-0.39, 0.29) is 18.1 Å². The van der Waals surface area contributed by atoms with Crippen molar-refractivity contribution >= 4 is 11.7 Å². The molecular formula is C10H13N7O3. The summed E-state index contributed by atoms with van der Waals surface area (Å²) in [6.45, 7) is 0.799. The molecule has 2 aromatic rings. The second-order valence-corrected chi connectivity index (χ2v) is 4.01. The molecule has 0 fully saturated rings. The summed E-state index contributed by atoms with van der Waals surface area (Å²) in [5.74, 6) is 0.340. The molecule has 0 aromatic carbocycles. The zero-order valence-electron chi connectivity index (χ0n) is 10.5. The number of amides is 1. The molecule has 0 radical (unpaired) electrons. The molecule has 2 rings (SSSR count). The van der Waals surface area contributed by atoms with Crippen LogP contribution in [0.2, 0.25) is 0 Å². The van der Waals surface area contributed by atoms with Gasteiger partial charge in [0.25, 0.3) is 0 Å². The Morgan fingerprint density at radius 2 is 2.35 bits per heavy atom. The molecule has 0 unspecified atom stereocenters. The predicted molar refractivity (Wildman–Crippen MR) is 66.6 cm³/mol. The van der Waals surface area contributed by atoms with Crippen LogP contribution in [0.3, 0.4) is 0 Å². The van der Waals surface area contributed by atoms with Crippen LogP contribution in [-0.2, 0) is 17.8 Å². The molecule has 10 nitrogen and oxygen atoms in total. The van der Waals surface area contributed by atoms with Gasteiger partial charge in [0.2, 0.25) is 12.2 Å². The van der Waals surface area contributed by atoms with E-state index in [2.05, 4.69) is 25.5 Å². The molecule has 106 valence electrons. The normalized spacial score (nSPS) is 10.4. The van der Waals surface area contributed by atoms with Crippen LogP contribution in [0, 0.1) is 10.1 Å². The van der Waals surface area contributed by atoms with Crippen molar-refractivity contribution < 1.29 is 9.72 Å². The van der Waals surface area contributed by atoms with Crippen molar-refractivity contribution in [1.29, 1.82) is 0 Å². The summed E-state index contributed by atoms with van der Waals surface area (Å²) in [6.07, 6.45) is 4.83. The van der Waals surface area contributed by atoms with Crippen LogP contribution in [0.25, 0.3) is 0 Å². The SMILES string of the molecule is O=C(CCn1cnc([N+](=O)[O-])c1)NCCc1ncn[nH]1. The fraction of sp³-hybridized carbons (Fsp3) is 0.400. The Morgan fingerprint density at radius 1 is 1.50 bits per heavy atom. The van der Waals surface area contributed by atoms with Crippen molar-refractivity contribution in [2.24, 2.45) is 0 Å². The molecule has 20 heavy (non-hydrogen) atoms. The number of aromatic nitrogens is 5. The van der Waals surface area contributed by atoms with Crippen molar-refractivity contribution in [2.75, 3.05) is 6.54 Å². The average molecular weight is 279 g/mol. The molecular weight excluding hydrogens is 266 g/mol. The molecule has 0 bridgehead atoms. The highest BCUT2D eigenvalue weighted by Crippen LogP contribution is 2.05. The first kappa shape index (κ1) is 13.6. The lowest BCUT2D eigenvalue weighted by molar-refractivity contribution is -0.389. The quantitative estimate of drug-likeness (QED) is 0.526. The second-order valence-electron chi connectivity index (χ2n) is 4.01. The molecule has 0 aliphatic heterocycles. The summed E-state index contributed by atoms with van der Waals surface area (Å²) in [4.78, 5) is 29.0. The summed E-state index contributed by atoms with van der Waals surface area (Å²) in [6, 6.07) is 0. The second kappa shape index (κ2) is 6.41. The Hall–Kier alpha value is -2.78. The van der Waals surface area contributed by atoms with Crippen molar-refractivity contribution in [3.05, 3.63) is 34.8 Å². The molecule has 0 aliphatic carbocycles. The van der Waals surface area contributed by atoms with E-state index in [0.29, 0.717) is 25.3 Å². The first-order valence-electron chi connectivity index (χ1n) is 5.92. The van der Waals surface area contributed by atoms with Gasteiger partial charge in [0.05, 0.1) is 0 Å². The van der Waals surface area contributed by atoms with E-state index in [0.717, 1.165) is 0 Å². The molecule has 0 spiro atoms. The molecule has 2 N–H and O–H groups in total. The molecule has 0 atom stereocenters. The Bertz CT molecular complexity index is 577. The van der Waals surface area contributed by atoms with Crippen LogP contribution >= 0.6 is 0 Å². The highest BCUT2D eigenvalue weighted by Gasteiger charge is 2.10. The van der Waals surface area contributed by atoms with Crippen molar-refractivity contribution in [3.63, 3.8) is 0 Å². The van der Waals surface area contributed by atoms with Gasteiger partial charge in [-0.25, -0.2) is 4.98 Å². The van der Waals surface area contributed by atoms with Gasteiger partial charge in [0, 0.05) is 25.9 Å². The predicted octanol–water partition coefficient (Wildman–Crippen LogP) is -0.342. The van der Waals surface area contributed by atoms with E-state index >= 15 is 0 Å². The molecule has 10 heteroatoms. The van der Waals surface area contributed by atoms with Crippen molar-refractivity contribution in [3.8, 4) is 0 Å². The van der Waals surface area contributed by atoms with Gasteiger partial charge < -0.3 is 20.0 Å². The summed E-state index contributed by atoms with van der Waals surface area (Å²) in [7, 11) is 0. The van der Waals surface area contributed by atoms with Crippen LogP contribution in [0.5, 0.6) is 0 Å². The smallest absolute Gasteiger partial charge is 0.358 e. The van der Waals surface area contributed by atoms with E-state index in [9.17, 15) is 14.9 Å². The number of hydrogen-bond donors (Lipinski definition) is 2. The maximum absolute atomic E-state index is 11.6. The van der Waals surface area contributed by atoms with Crippen LogP contribution in [0.15, 0.2) is 18.9 Å². The number of aryl methyl sites for hydroxylation is 1. The number of carbonyl (C=O) groups excluding carboxylic acids is 1. The van der Waals surface area contributed by atoms with E-state index in [4.69, 9.17) is 0 Å². The van der Waals surface area contributed by atoms with Crippen molar-refractivity contribution in [2.45, 2.75) is 19.4 Å². The summed E-state index contributed by atoms with van der Waals surface area (Å²) < 4.78 is 1.51. The van der Waals surface area contributed by atoms with Crippen LogP contribution in [0.4, 0.5) is 5.82 Å². The van der Waals surface area contributed by atoms with Gasteiger partial charge in [0.15, 0.2) is 0 Å². The third-order valence-electron chi connectivity index (χ3n) is 2.55. The molecule has 1 amide bonds. The Labute approximate surface area is 113 Å². The number of imidazole rings is 1. The van der Waals surface area contributed by atoms with Gasteiger partial charge in [-0.2, -0.15) is 5.10 Å². The zero-order valence-corrected chi connectivity index (χ0v) is 10.5.